The molecule has 0 radical (unpaired) electrons. The Morgan fingerprint density at radius 1 is 1.13 bits per heavy atom. The van der Waals surface area contributed by atoms with Gasteiger partial charge in [-0.1, -0.05) is 36.9 Å². The molecule has 0 fully saturated rings. The van der Waals surface area contributed by atoms with Gasteiger partial charge in [0.15, 0.2) is 11.0 Å². The SMILES string of the molecule is CCCOC(=O)c1cccc(NC(=O)CSc2nnc(-c3ccccc3F)n2CC)c1. The van der Waals surface area contributed by atoms with Crippen LogP contribution in [0.5, 0.6) is 0 Å². The Bertz CT molecular complexity index is 1070. The number of hydrogen-bond acceptors (Lipinski definition) is 6. The van der Waals surface area contributed by atoms with E-state index in [-0.39, 0.29) is 17.5 Å². The zero-order valence-electron chi connectivity index (χ0n) is 17.3. The molecule has 162 valence electrons. The molecule has 1 aromatic heterocycles. The molecule has 0 aliphatic rings. The van der Waals surface area contributed by atoms with Gasteiger partial charge in [-0.15, -0.1) is 10.2 Å². The molecule has 31 heavy (non-hydrogen) atoms. The summed E-state index contributed by atoms with van der Waals surface area (Å²) in [7, 11) is 0. The molecule has 9 heteroatoms. The van der Waals surface area contributed by atoms with Gasteiger partial charge < -0.3 is 14.6 Å². The number of nitrogens with one attached hydrogen (secondary N) is 1. The standard InChI is InChI=1S/C22H23FN4O3S/c1-3-12-30-21(29)15-8-7-9-16(13-15)24-19(28)14-31-22-26-25-20(27(22)4-2)17-10-5-6-11-18(17)23/h5-11,13H,3-4,12,14H2,1-2H3,(H,24,28). The summed E-state index contributed by atoms with van der Waals surface area (Å²) < 4.78 is 21.0. The van der Waals surface area contributed by atoms with E-state index in [1.54, 1.807) is 47.0 Å². The van der Waals surface area contributed by atoms with Crippen molar-refractivity contribution in [1.82, 2.24) is 14.8 Å². The molecule has 3 aromatic rings. The average Bonchev–Trinajstić information content (AvgIpc) is 3.19. The van der Waals surface area contributed by atoms with Gasteiger partial charge in [0.05, 0.1) is 23.5 Å². The van der Waals surface area contributed by atoms with Gasteiger partial charge in [-0.3, -0.25) is 4.79 Å². The van der Waals surface area contributed by atoms with Crippen molar-refractivity contribution in [1.29, 1.82) is 0 Å². The second-order valence-electron chi connectivity index (χ2n) is 6.58. The Labute approximate surface area is 184 Å². The van der Waals surface area contributed by atoms with Gasteiger partial charge in [0.2, 0.25) is 5.91 Å². The zero-order valence-corrected chi connectivity index (χ0v) is 18.1. The van der Waals surface area contributed by atoms with E-state index in [1.165, 1.54) is 17.8 Å². The third kappa shape index (κ3) is 5.69. The van der Waals surface area contributed by atoms with E-state index in [0.717, 1.165) is 6.42 Å². The molecule has 0 aliphatic carbocycles. The fourth-order valence-electron chi connectivity index (χ4n) is 2.85. The first-order valence-corrected chi connectivity index (χ1v) is 10.9. The summed E-state index contributed by atoms with van der Waals surface area (Å²) in [6.45, 7) is 4.70. The quantitative estimate of drug-likeness (QED) is 0.390. The van der Waals surface area contributed by atoms with Crippen molar-refractivity contribution >= 4 is 29.3 Å². The topological polar surface area (TPSA) is 86.1 Å². The molecule has 0 atom stereocenters. The van der Waals surface area contributed by atoms with Crippen LogP contribution in [-0.4, -0.2) is 39.0 Å². The molecule has 2 aromatic carbocycles. The van der Waals surface area contributed by atoms with Crippen LogP contribution in [0.25, 0.3) is 11.4 Å². The van der Waals surface area contributed by atoms with Gasteiger partial charge in [0.1, 0.15) is 5.82 Å². The van der Waals surface area contributed by atoms with E-state index in [2.05, 4.69) is 15.5 Å². The molecular formula is C22H23FN4O3S. The summed E-state index contributed by atoms with van der Waals surface area (Å²) in [5.41, 5.74) is 1.24. The maximum Gasteiger partial charge on any atom is 0.338 e. The van der Waals surface area contributed by atoms with Crippen LogP contribution in [0.2, 0.25) is 0 Å². The number of nitrogens with zero attached hydrogens (tertiary/aromatic N) is 3. The summed E-state index contributed by atoms with van der Waals surface area (Å²) in [6, 6.07) is 13.0. The molecule has 0 saturated heterocycles. The van der Waals surface area contributed by atoms with Gasteiger partial charge in [-0.25, -0.2) is 9.18 Å². The Morgan fingerprint density at radius 3 is 2.68 bits per heavy atom. The molecular weight excluding hydrogens is 419 g/mol. The van der Waals surface area contributed by atoms with E-state index in [0.29, 0.717) is 40.9 Å². The number of thioether (sulfide) groups is 1. The van der Waals surface area contributed by atoms with Crippen molar-refractivity contribution in [3.63, 3.8) is 0 Å². The number of hydrogen-bond donors (Lipinski definition) is 1. The number of benzene rings is 2. The number of carbonyl (C=O) groups excluding carboxylic acids is 2. The van der Waals surface area contributed by atoms with Crippen LogP contribution >= 0.6 is 11.8 Å². The smallest absolute Gasteiger partial charge is 0.338 e. The number of amides is 1. The molecule has 1 amide bonds. The van der Waals surface area contributed by atoms with Gasteiger partial charge >= 0.3 is 5.97 Å². The maximum absolute atomic E-state index is 14.1. The fourth-order valence-corrected chi connectivity index (χ4v) is 3.65. The van der Waals surface area contributed by atoms with Crippen molar-refractivity contribution < 1.29 is 18.7 Å². The number of anilines is 1. The highest BCUT2D eigenvalue weighted by atomic mass is 32.2. The minimum absolute atomic E-state index is 0.0832. The maximum atomic E-state index is 14.1. The lowest BCUT2D eigenvalue weighted by Crippen LogP contribution is -2.15. The van der Waals surface area contributed by atoms with Crippen molar-refractivity contribution in [3.8, 4) is 11.4 Å². The van der Waals surface area contributed by atoms with Crippen LogP contribution in [0, 0.1) is 5.82 Å². The van der Waals surface area contributed by atoms with Crippen LogP contribution in [0.1, 0.15) is 30.6 Å². The molecule has 3 rings (SSSR count). The Hall–Kier alpha value is -3.20. The number of carbonyl (C=O) groups is 2. The molecule has 1 heterocycles. The third-order valence-corrected chi connectivity index (χ3v) is 5.27. The van der Waals surface area contributed by atoms with Crippen LogP contribution < -0.4 is 5.32 Å². The molecule has 1 N–H and O–H groups in total. The minimum atomic E-state index is -0.427. The predicted molar refractivity (Wildman–Crippen MR) is 117 cm³/mol. The van der Waals surface area contributed by atoms with Crippen molar-refractivity contribution in [2.24, 2.45) is 0 Å². The zero-order chi connectivity index (χ0) is 22.2. The molecule has 0 aliphatic heterocycles. The highest BCUT2D eigenvalue weighted by Crippen LogP contribution is 2.26. The molecule has 0 unspecified atom stereocenters. The van der Waals surface area contributed by atoms with Crippen molar-refractivity contribution in [3.05, 3.63) is 59.9 Å². The van der Waals surface area contributed by atoms with E-state index in [9.17, 15) is 14.0 Å². The monoisotopic (exact) mass is 442 g/mol. The van der Waals surface area contributed by atoms with Gasteiger partial charge in [0.25, 0.3) is 0 Å². The number of ether oxygens (including phenoxy) is 1. The normalized spacial score (nSPS) is 10.7. The molecule has 0 bridgehead atoms. The Morgan fingerprint density at radius 2 is 1.94 bits per heavy atom. The summed E-state index contributed by atoms with van der Waals surface area (Å²) in [4.78, 5) is 24.4. The van der Waals surface area contributed by atoms with E-state index in [1.807, 2.05) is 13.8 Å². The summed E-state index contributed by atoms with van der Waals surface area (Å²) >= 11 is 1.21. The van der Waals surface area contributed by atoms with Gasteiger partial charge in [-0.2, -0.15) is 0 Å². The van der Waals surface area contributed by atoms with Crippen LogP contribution in [-0.2, 0) is 16.1 Å². The molecule has 0 spiro atoms. The molecule has 0 saturated carbocycles. The lowest BCUT2D eigenvalue weighted by molar-refractivity contribution is -0.113. The first-order chi connectivity index (χ1) is 15.0. The number of esters is 1. The predicted octanol–water partition coefficient (Wildman–Crippen LogP) is 4.40. The third-order valence-electron chi connectivity index (χ3n) is 4.30. The number of rotatable bonds is 9. The Balaban J connectivity index is 1.64. The number of halogens is 1. The van der Waals surface area contributed by atoms with E-state index in [4.69, 9.17) is 4.74 Å². The summed E-state index contributed by atoms with van der Waals surface area (Å²) in [6.07, 6.45) is 0.737. The summed E-state index contributed by atoms with van der Waals surface area (Å²) in [5.74, 6) is -0.566. The largest absolute Gasteiger partial charge is 0.462 e. The van der Waals surface area contributed by atoms with Crippen LogP contribution in [0.3, 0.4) is 0 Å². The first-order valence-electron chi connectivity index (χ1n) is 9.91. The van der Waals surface area contributed by atoms with Gasteiger partial charge in [0, 0.05) is 12.2 Å². The summed E-state index contributed by atoms with van der Waals surface area (Å²) in [5, 5.41) is 11.5. The van der Waals surface area contributed by atoms with Crippen LogP contribution in [0.15, 0.2) is 53.7 Å². The second-order valence-corrected chi connectivity index (χ2v) is 7.53. The van der Waals surface area contributed by atoms with Crippen molar-refractivity contribution in [2.45, 2.75) is 32.0 Å². The Kier molecular flexibility index (Phi) is 7.77. The lowest BCUT2D eigenvalue weighted by atomic mass is 10.2. The minimum Gasteiger partial charge on any atom is -0.462 e. The second kappa shape index (κ2) is 10.7. The van der Waals surface area contributed by atoms with Crippen molar-refractivity contribution in [2.75, 3.05) is 17.7 Å². The number of aromatic nitrogens is 3. The van der Waals surface area contributed by atoms with Gasteiger partial charge in [-0.05, 0) is 43.7 Å². The van der Waals surface area contributed by atoms with Crippen LogP contribution in [0.4, 0.5) is 10.1 Å². The highest BCUT2D eigenvalue weighted by molar-refractivity contribution is 7.99. The average molecular weight is 443 g/mol. The first kappa shape index (κ1) is 22.5. The fraction of sp³-hybridized carbons (Fsp3) is 0.273. The lowest BCUT2D eigenvalue weighted by Gasteiger charge is -2.09. The van der Waals surface area contributed by atoms with E-state index < -0.39 is 5.97 Å². The highest BCUT2D eigenvalue weighted by Gasteiger charge is 2.17. The molecule has 7 nitrogen and oxygen atoms in total. The van der Waals surface area contributed by atoms with E-state index >= 15 is 0 Å².